The summed E-state index contributed by atoms with van der Waals surface area (Å²) in [6.07, 6.45) is 0. The third kappa shape index (κ3) is 5.37. The summed E-state index contributed by atoms with van der Waals surface area (Å²) in [5, 5.41) is 6.99. The van der Waals surface area contributed by atoms with Crippen LogP contribution in [0.4, 0.5) is 0 Å². The first kappa shape index (κ1) is 33.9. The van der Waals surface area contributed by atoms with E-state index in [9.17, 15) is 0 Å². The lowest BCUT2D eigenvalue weighted by molar-refractivity contribution is 1.07. The van der Waals surface area contributed by atoms with Crippen LogP contribution in [-0.2, 0) is 0 Å². The number of hydrogen-bond donors (Lipinski definition) is 0. The van der Waals surface area contributed by atoms with Crippen LogP contribution < -0.4 is 0 Å². The van der Waals surface area contributed by atoms with Crippen molar-refractivity contribution < 1.29 is 0 Å². The van der Waals surface area contributed by atoms with E-state index in [2.05, 4.69) is 203 Å². The molecule has 12 rings (SSSR count). The van der Waals surface area contributed by atoms with Crippen LogP contribution in [0.3, 0.4) is 0 Å². The molecule has 0 aliphatic heterocycles. The summed E-state index contributed by atoms with van der Waals surface area (Å²) in [6, 6.07) is 75.0. The molecule has 0 radical (unpaired) electrons. The molecule has 12 aromatic rings. The fraction of sp³-hybridized carbons (Fsp3) is 0. The largest absolute Gasteiger partial charge is 0.309 e. The summed E-state index contributed by atoms with van der Waals surface area (Å²) in [4.78, 5) is 15.7. The summed E-state index contributed by atoms with van der Waals surface area (Å²) >= 11 is 0. The van der Waals surface area contributed by atoms with E-state index in [1.807, 2.05) is 18.2 Å². The number of benzene rings is 9. The highest BCUT2D eigenvalue weighted by molar-refractivity contribution is 6.26. The van der Waals surface area contributed by atoms with Crippen molar-refractivity contribution in [3.63, 3.8) is 0 Å². The molecule has 0 bridgehead atoms. The van der Waals surface area contributed by atoms with E-state index in [4.69, 9.17) is 15.0 Å². The molecule has 0 unspecified atom stereocenters. The second-order valence-electron chi connectivity index (χ2n) is 15.2. The van der Waals surface area contributed by atoms with Gasteiger partial charge in [-0.05, 0) is 64.4 Å². The lowest BCUT2D eigenvalue weighted by Crippen LogP contribution is -2.04. The van der Waals surface area contributed by atoms with Crippen molar-refractivity contribution in [2.24, 2.45) is 0 Å². The zero-order chi connectivity index (χ0) is 39.6. The van der Waals surface area contributed by atoms with E-state index < -0.39 is 0 Å². The summed E-state index contributed by atoms with van der Waals surface area (Å²) in [6.45, 7) is 0. The Hall–Kier alpha value is -8.15. The molecular weight excluding hydrogens is 731 g/mol. The molecule has 5 nitrogen and oxygen atoms in total. The SMILES string of the molecule is c1ccc(-c2ccc(-n3c4ccccc4c4c3ccc3c5ccccc5n(-c5ccccc5-c5nc(-c6ccccc6)nc(-c6cccc7ccccc67)n5)c34)cc2)cc1. The molecule has 0 spiro atoms. The molecule has 3 aromatic heterocycles. The zero-order valence-electron chi connectivity index (χ0n) is 32.4. The highest BCUT2D eigenvalue weighted by atomic mass is 15.1. The lowest BCUT2D eigenvalue weighted by atomic mass is 10.0. The van der Waals surface area contributed by atoms with E-state index in [1.165, 1.54) is 32.7 Å². The topological polar surface area (TPSA) is 48.5 Å². The first-order valence-corrected chi connectivity index (χ1v) is 20.3. The number of rotatable bonds is 6. The van der Waals surface area contributed by atoms with E-state index in [1.54, 1.807) is 0 Å². The summed E-state index contributed by atoms with van der Waals surface area (Å²) in [5.74, 6) is 1.88. The van der Waals surface area contributed by atoms with E-state index in [-0.39, 0.29) is 0 Å². The normalized spacial score (nSPS) is 11.7. The Morgan fingerprint density at radius 3 is 1.63 bits per heavy atom. The maximum atomic E-state index is 5.33. The molecular formula is C55H35N5. The Morgan fingerprint density at radius 1 is 0.300 bits per heavy atom. The fourth-order valence-corrected chi connectivity index (χ4v) is 9.08. The van der Waals surface area contributed by atoms with Crippen LogP contribution in [0.15, 0.2) is 212 Å². The number of nitrogens with zero attached hydrogens (tertiary/aromatic N) is 5. The van der Waals surface area contributed by atoms with Gasteiger partial charge in [0.2, 0.25) is 0 Å². The van der Waals surface area contributed by atoms with Gasteiger partial charge in [0.05, 0.1) is 27.8 Å². The third-order valence-electron chi connectivity index (χ3n) is 11.8. The molecule has 60 heavy (non-hydrogen) atoms. The molecule has 0 atom stereocenters. The van der Waals surface area contributed by atoms with Gasteiger partial charge in [-0.1, -0.05) is 170 Å². The van der Waals surface area contributed by atoms with Crippen molar-refractivity contribution >= 4 is 54.4 Å². The van der Waals surface area contributed by atoms with Crippen molar-refractivity contribution in [3.8, 4) is 56.7 Å². The molecule has 3 heterocycles. The van der Waals surface area contributed by atoms with Crippen LogP contribution in [0.5, 0.6) is 0 Å². The summed E-state index contributed by atoms with van der Waals surface area (Å²) in [5.41, 5.74) is 11.9. The van der Waals surface area contributed by atoms with E-state index in [0.29, 0.717) is 17.5 Å². The average Bonchev–Trinajstić information content (AvgIpc) is 3.85. The molecule has 0 saturated heterocycles. The van der Waals surface area contributed by atoms with Crippen LogP contribution in [0, 0.1) is 0 Å². The fourth-order valence-electron chi connectivity index (χ4n) is 9.08. The first-order valence-electron chi connectivity index (χ1n) is 20.3. The molecule has 0 aliphatic carbocycles. The third-order valence-corrected chi connectivity index (χ3v) is 11.8. The Morgan fingerprint density at radius 2 is 0.850 bits per heavy atom. The van der Waals surface area contributed by atoms with E-state index >= 15 is 0 Å². The molecule has 0 N–H and O–H groups in total. The predicted molar refractivity (Wildman–Crippen MR) is 248 cm³/mol. The molecule has 9 aromatic carbocycles. The number of fused-ring (bicyclic) bond motifs is 8. The first-order chi connectivity index (χ1) is 29.8. The van der Waals surface area contributed by atoms with Gasteiger partial charge in [-0.2, -0.15) is 0 Å². The van der Waals surface area contributed by atoms with Crippen LogP contribution in [0.2, 0.25) is 0 Å². The monoisotopic (exact) mass is 765 g/mol. The molecule has 0 saturated carbocycles. The van der Waals surface area contributed by atoms with Crippen LogP contribution in [0.25, 0.3) is 111 Å². The Kier molecular flexibility index (Phi) is 7.78. The van der Waals surface area contributed by atoms with Crippen molar-refractivity contribution in [2.75, 3.05) is 0 Å². The zero-order valence-corrected chi connectivity index (χ0v) is 32.4. The molecule has 0 amide bonds. The highest BCUT2D eigenvalue weighted by Gasteiger charge is 2.23. The second-order valence-corrected chi connectivity index (χ2v) is 15.2. The van der Waals surface area contributed by atoms with Gasteiger partial charge in [-0.25, -0.2) is 15.0 Å². The van der Waals surface area contributed by atoms with Crippen LogP contribution in [0.1, 0.15) is 0 Å². The summed E-state index contributed by atoms with van der Waals surface area (Å²) < 4.78 is 4.84. The molecule has 0 fully saturated rings. The minimum absolute atomic E-state index is 0.612. The molecule has 5 heteroatoms. The van der Waals surface area contributed by atoms with Crippen molar-refractivity contribution in [1.82, 2.24) is 24.1 Å². The van der Waals surface area contributed by atoms with Gasteiger partial charge in [-0.3, -0.25) is 0 Å². The van der Waals surface area contributed by atoms with Crippen molar-refractivity contribution in [3.05, 3.63) is 212 Å². The number of aromatic nitrogens is 5. The van der Waals surface area contributed by atoms with Gasteiger partial charge in [0.15, 0.2) is 17.5 Å². The second kappa shape index (κ2) is 13.8. The average molecular weight is 766 g/mol. The quantitative estimate of drug-likeness (QED) is 0.169. The Labute approximate surface area is 346 Å². The minimum Gasteiger partial charge on any atom is -0.309 e. The van der Waals surface area contributed by atoms with Gasteiger partial charge in [0.1, 0.15) is 0 Å². The van der Waals surface area contributed by atoms with Crippen molar-refractivity contribution in [1.29, 1.82) is 0 Å². The van der Waals surface area contributed by atoms with Crippen LogP contribution in [-0.4, -0.2) is 24.1 Å². The number of para-hydroxylation sites is 3. The number of hydrogen-bond acceptors (Lipinski definition) is 3. The van der Waals surface area contributed by atoms with Gasteiger partial charge in [-0.15, -0.1) is 0 Å². The van der Waals surface area contributed by atoms with Crippen LogP contribution >= 0.6 is 0 Å². The maximum Gasteiger partial charge on any atom is 0.166 e. The van der Waals surface area contributed by atoms with Gasteiger partial charge in [0.25, 0.3) is 0 Å². The Balaban J connectivity index is 1.13. The molecule has 280 valence electrons. The molecule has 0 aliphatic rings. The predicted octanol–water partition coefficient (Wildman–Crippen LogP) is 13.9. The van der Waals surface area contributed by atoms with Gasteiger partial charge >= 0.3 is 0 Å². The van der Waals surface area contributed by atoms with Crippen molar-refractivity contribution in [2.45, 2.75) is 0 Å². The lowest BCUT2D eigenvalue weighted by Gasteiger charge is -2.15. The standard InChI is InChI=1S/C55H35N5/c1-3-16-36(17-4-1)37-30-32-40(33-31-37)59-48-28-13-10-24-45(48)51-50(59)35-34-43-42-23-9-12-27-47(42)60(52(43)51)49-29-14-11-25-46(49)55-57-53(39-19-5-2-6-20-39)56-54(58-55)44-26-15-21-38-18-7-8-22-41(38)44/h1-35H. The minimum atomic E-state index is 0.612. The highest BCUT2D eigenvalue weighted by Crippen LogP contribution is 2.43. The Bertz CT molecular complexity index is 3580. The summed E-state index contributed by atoms with van der Waals surface area (Å²) in [7, 11) is 0. The smallest absolute Gasteiger partial charge is 0.166 e. The maximum absolute atomic E-state index is 5.33. The van der Waals surface area contributed by atoms with Gasteiger partial charge in [0, 0.05) is 43.9 Å². The van der Waals surface area contributed by atoms with E-state index in [0.717, 1.165) is 60.9 Å². The van der Waals surface area contributed by atoms with Gasteiger partial charge < -0.3 is 9.13 Å².